The highest BCUT2D eigenvalue weighted by atomic mass is 16.5. The summed E-state index contributed by atoms with van der Waals surface area (Å²) in [5.74, 6) is 0.732. The van der Waals surface area contributed by atoms with Crippen LogP contribution in [0.2, 0.25) is 0 Å². The van der Waals surface area contributed by atoms with E-state index >= 15 is 0 Å². The molecule has 26 heavy (non-hydrogen) atoms. The Morgan fingerprint density at radius 3 is 2.77 bits per heavy atom. The maximum absolute atomic E-state index is 12.9. The third-order valence-corrected chi connectivity index (χ3v) is 5.05. The highest BCUT2D eigenvalue weighted by molar-refractivity contribution is 5.92. The highest BCUT2D eigenvalue weighted by Gasteiger charge is 2.29. The smallest absolute Gasteiger partial charge is 0.270 e. The van der Waals surface area contributed by atoms with Gasteiger partial charge in [-0.3, -0.25) is 9.59 Å². The molecule has 1 aliphatic heterocycles. The van der Waals surface area contributed by atoms with E-state index < -0.39 is 0 Å². The first kappa shape index (κ1) is 18.2. The second-order valence-corrected chi connectivity index (χ2v) is 7.02. The number of piperidine rings is 1. The first-order valence-electron chi connectivity index (χ1n) is 8.99. The summed E-state index contributed by atoms with van der Waals surface area (Å²) >= 11 is 0. The van der Waals surface area contributed by atoms with Crippen molar-refractivity contribution in [2.24, 2.45) is 7.05 Å². The molecule has 0 radical (unpaired) electrons. The maximum atomic E-state index is 12.9. The molecule has 0 saturated carbocycles. The predicted molar refractivity (Wildman–Crippen MR) is 96.4 cm³/mol. The number of hydrogen-bond acceptors (Lipinski definition) is 4. The second-order valence-electron chi connectivity index (χ2n) is 7.02. The van der Waals surface area contributed by atoms with E-state index in [1.54, 1.807) is 18.9 Å². The second kappa shape index (κ2) is 7.35. The molecule has 0 aromatic carbocycles. The van der Waals surface area contributed by atoms with Crippen molar-refractivity contribution in [3.8, 4) is 0 Å². The van der Waals surface area contributed by atoms with Gasteiger partial charge in [-0.15, -0.1) is 0 Å². The molecule has 7 nitrogen and oxygen atoms in total. The van der Waals surface area contributed by atoms with Crippen molar-refractivity contribution in [1.82, 2.24) is 19.5 Å². The van der Waals surface area contributed by atoms with Crippen LogP contribution in [0.25, 0.3) is 0 Å². The molecule has 140 valence electrons. The van der Waals surface area contributed by atoms with Gasteiger partial charge in [0.05, 0.1) is 12.6 Å². The zero-order valence-corrected chi connectivity index (χ0v) is 15.9. The fraction of sp³-hybridized carbons (Fsp3) is 0.526. The van der Waals surface area contributed by atoms with Gasteiger partial charge in [0.25, 0.3) is 5.91 Å². The number of aromatic nitrogens is 2. The van der Waals surface area contributed by atoms with E-state index in [9.17, 15) is 9.59 Å². The average molecular weight is 358 g/mol. The van der Waals surface area contributed by atoms with Crippen molar-refractivity contribution in [3.63, 3.8) is 0 Å². The minimum atomic E-state index is -0.0791. The number of carbonyl (C=O) groups excluding carboxylic acids is 2. The van der Waals surface area contributed by atoms with E-state index in [1.807, 2.05) is 41.6 Å². The quantitative estimate of drug-likeness (QED) is 0.842. The molecule has 0 N–H and O–H groups in total. The lowest BCUT2D eigenvalue weighted by Gasteiger charge is -2.35. The Labute approximate surface area is 153 Å². The van der Waals surface area contributed by atoms with Crippen molar-refractivity contribution < 1.29 is 14.1 Å². The van der Waals surface area contributed by atoms with Crippen molar-refractivity contribution >= 4 is 11.8 Å². The maximum Gasteiger partial charge on any atom is 0.270 e. The predicted octanol–water partition coefficient (Wildman–Crippen LogP) is 2.67. The van der Waals surface area contributed by atoms with Crippen LogP contribution in [0.15, 0.2) is 22.7 Å². The molecular weight excluding hydrogens is 332 g/mol. The summed E-state index contributed by atoms with van der Waals surface area (Å²) in [5, 5.41) is 3.94. The molecule has 3 heterocycles. The van der Waals surface area contributed by atoms with Crippen LogP contribution in [-0.4, -0.2) is 44.9 Å². The molecule has 0 aliphatic carbocycles. The van der Waals surface area contributed by atoms with Crippen molar-refractivity contribution in [1.29, 1.82) is 0 Å². The van der Waals surface area contributed by atoms with Gasteiger partial charge in [-0.05, 0) is 38.3 Å². The summed E-state index contributed by atoms with van der Waals surface area (Å²) in [6.45, 7) is 4.60. The topological polar surface area (TPSA) is 71.6 Å². The number of aryl methyl sites for hydroxylation is 1. The molecule has 2 amide bonds. The molecule has 0 bridgehead atoms. The van der Waals surface area contributed by atoms with E-state index in [4.69, 9.17) is 4.52 Å². The Hall–Kier alpha value is -2.57. The first-order valence-corrected chi connectivity index (χ1v) is 8.99. The number of likely N-dealkylation sites (tertiary alicyclic amines) is 1. The zero-order chi connectivity index (χ0) is 18.8. The summed E-state index contributed by atoms with van der Waals surface area (Å²) in [7, 11) is 3.64. The Morgan fingerprint density at radius 1 is 1.35 bits per heavy atom. The first-order chi connectivity index (χ1) is 12.4. The largest absolute Gasteiger partial charge is 0.361 e. The Kier molecular flexibility index (Phi) is 5.15. The Balaban J connectivity index is 1.79. The van der Waals surface area contributed by atoms with Gasteiger partial charge >= 0.3 is 0 Å². The number of nitrogens with zero attached hydrogens (tertiary/aromatic N) is 4. The lowest BCUT2D eigenvalue weighted by Crippen LogP contribution is -2.38. The van der Waals surface area contributed by atoms with Crippen LogP contribution in [0.4, 0.5) is 0 Å². The summed E-state index contributed by atoms with van der Waals surface area (Å²) in [4.78, 5) is 28.4. The summed E-state index contributed by atoms with van der Waals surface area (Å²) < 4.78 is 6.98. The van der Waals surface area contributed by atoms with Crippen LogP contribution in [0.3, 0.4) is 0 Å². The number of amides is 2. The van der Waals surface area contributed by atoms with Crippen molar-refractivity contribution in [2.75, 3.05) is 13.6 Å². The van der Waals surface area contributed by atoms with Gasteiger partial charge in [-0.1, -0.05) is 5.16 Å². The molecule has 2 aromatic rings. The molecule has 1 aliphatic rings. The number of hydrogen-bond donors (Lipinski definition) is 0. The minimum absolute atomic E-state index is 0.0382. The highest BCUT2D eigenvalue weighted by Crippen LogP contribution is 2.32. The van der Waals surface area contributed by atoms with Crippen LogP contribution >= 0.6 is 0 Å². The van der Waals surface area contributed by atoms with Gasteiger partial charge in [-0.2, -0.15) is 0 Å². The van der Waals surface area contributed by atoms with Crippen LogP contribution in [-0.2, 0) is 18.4 Å². The average Bonchev–Trinajstić information content (AvgIpc) is 3.19. The van der Waals surface area contributed by atoms with Gasteiger partial charge in [0.1, 0.15) is 17.1 Å². The zero-order valence-electron chi connectivity index (χ0n) is 15.9. The van der Waals surface area contributed by atoms with Crippen LogP contribution in [0.1, 0.15) is 59.9 Å². The van der Waals surface area contributed by atoms with E-state index in [0.717, 1.165) is 43.0 Å². The SMILES string of the molecule is CC(=O)N1CCCC[C@@H]1c1ccc(C(=O)N(C)Cc2cc(C)on2)n1C. The summed E-state index contributed by atoms with van der Waals surface area (Å²) in [6, 6.07) is 5.67. The summed E-state index contributed by atoms with van der Waals surface area (Å²) in [6.07, 6.45) is 3.06. The third kappa shape index (κ3) is 3.52. The third-order valence-electron chi connectivity index (χ3n) is 5.05. The molecule has 0 unspecified atom stereocenters. The molecule has 2 aromatic heterocycles. The van der Waals surface area contributed by atoms with Crippen molar-refractivity contribution in [3.05, 3.63) is 41.0 Å². The molecule has 1 saturated heterocycles. The molecule has 1 atom stereocenters. The Bertz CT molecular complexity index is 808. The van der Waals surface area contributed by atoms with E-state index in [0.29, 0.717) is 12.2 Å². The molecule has 0 spiro atoms. The number of carbonyl (C=O) groups is 2. The van der Waals surface area contributed by atoms with E-state index in [1.165, 1.54) is 0 Å². The fourth-order valence-electron chi connectivity index (χ4n) is 3.70. The van der Waals surface area contributed by atoms with Gasteiger partial charge in [0.2, 0.25) is 5.91 Å². The van der Waals surface area contributed by atoms with Crippen LogP contribution in [0, 0.1) is 6.92 Å². The standard InChI is InChI=1S/C19H26N4O3/c1-13-11-15(20-26-13)12-21(3)19(25)18-9-8-16(22(18)4)17-7-5-6-10-23(17)14(2)24/h8-9,11,17H,5-7,10,12H2,1-4H3/t17-/m1/s1. The van der Waals surface area contributed by atoms with E-state index in [-0.39, 0.29) is 17.9 Å². The molecule has 3 rings (SSSR count). The van der Waals surface area contributed by atoms with Gasteiger partial charge in [0.15, 0.2) is 0 Å². The fourth-order valence-corrected chi connectivity index (χ4v) is 3.70. The normalized spacial score (nSPS) is 17.4. The monoisotopic (exact) mass is 358 g/mol. The van der Waals surface area contributed by atoms with Crippen LogP contribution < -0.4 is 0 Å². The lowest BCUT2D eigenvalue weighted by molar-refractivity contribution is -0.132. The molecule has 1 fully saturated rings. The van der Waals surface area contributed by atoms with Gasteiger partial charge in [-0.25, -0.2) is 0 Å². The van der Waals surface area contributed by atoms with Crippen LogP contribution in [0.5, 0.6) is 0 Å². The molecule has 7 heteroatoms. The van der Waals surface area contributed by atoms with Gasteiger partial charge < -0.3 is 18.9 Å². The van der Waals surface area contributed by atoms with Gasteiger partial charge in [0, 0.05) is 39.3 Å². The van der Waals surface area contributed by atoms with Crippen molar-refractivity contribution in [2.45, 2.75) is 45.7 Å². The van der Waals surface area contributed by atoms with E-state index in [2.05, 4.69) is 5.16 Å². The minimum Gasteiger partial charge on any atom is -0.361 e. The Morgan fingerprint density at radius 2 is 2.12 bits per heavy atom. The lowest BCUT2D eigenvalue weighted by atomic mass is 9.99. The number of rotatable bonds is 4. The summed E-state index contributed by atoms with van der Waals surface area (Å²) in [5.41, 5.74) is 2.34. The molecular formula is C19H26N4O3.